The molecule has 0 radical (unpaired) electrons. The Balaban J connectivity index is 2.38. The molecule has 2 aromatic rings. The molecule has 0 saturated heterocycles. The molecule has 2 aromatic heterocycles. The first-order chi connectivity index (χ1) is 9.11. The van der Waals surface area contributed by atoms with E-state index in [1.54, 1.807) is 13.0 Å². The molecule has 2 rings (SSSR count). The van der Waals surface area contributed by atoms with Gasteiger partial charge in [-0.2, -0.15) is 4.98 Å². The molecule has 0 aliphatic carbocycles. The van der Waals surface area contributed by atoms with Gasteiger partial charge in [0.25, 0.3) is 0 Å². The van der Waals surface area contributed by atoms with Crippen LogP contribution < -0.4 is 10.1 Å². The molecule has 2 N–H and O–H groups in total. The van der Waals surface area contributed by atoms with Crippen LogP contribution >= 0.6 is 0 Å². The Morgan fingerprint density at radius 3 is 2.89 bits per heavy atom. The maximum atomic E-state index is 11.1. The summed E-state index contributed by atoms with van der Waals surface area (Å²) >= 11 is 0. The molecule has 0 aliphatic rings. The number of nitrogens with zero attached hydrogens (tertiary/aromatic N) is 4. The van der Waals surface area contributed by atoms with Gasteiger partial charge in [-0.1, -0.05) is 0 Å². The van der Waals surface area contributed by atoms with Gasteiger partial charge in [0.1, 0.15) is 6.33 Å². The molecule has 100 valence electrons. The third kappa shape index (κ3) is 2.76. The zero-order chi connectivity index (χ0) is 13.8. The van der Waals surface area contributed by atoms with E-state index in [1.165, 1.54) is 6.33 Å². The van der Waals surface area contributed by atoms with E-state index < -0.39 is 4.92 Å². The third-order valence-corrected chi connectivity index (χ3v) is 2.20. The van der Waals surface area contributed by atoms with Crippen molar-refractivity contribution in [2.45, 2.75) is 13.8 Å². The van der Waals surface area contributed by atoms with E-state index >= 15 is 0 Å². The van der Waals surface area contributed by atoms with E-state index in [-0.39, 0.29) is 23.3 Å². The van der Waals surface area contributed by atoms with Crippen molar-refractivity contribution in [3.63, 3.8) is 0 Å². The monoisotopic (exact) mass is 264 g/mol. The van der Waals surface area contributed by atoms with Gasteiger partial charge in [-0.15, -0.1) is 5.10 Å². The summed E-state index contributed by atoms with van der Waals surface area (Å²) in [5, 5.41) is 20.4. The van der Waals surface area contributed by atoms with Crippen LogP contribution in [0.25, 0.3) is 0 Å². The quantitative estimate of drug-likeness (QED) is 0.622. The van der Waals surface area contributed by atoms with Crippen molar-refractivity contribution in [2.24, 2.45) is 0 Å². The number of nitro groups is 1. The van der Waals surface area contributed by atoms with Gasteiger partial charge in [0.15, 0.2) is 0 Å². The standard InChI is InChI=1S/C10H12N6O3/c1-3-11-9-8(16(17)18)10(13-5-12-9)19-7-4-6(2)14-15-7/h4-5H,3H2,1-2H3,(H,14,15)(H,11,12,13). The van der Waals surface area contributed by atoms with Crippen LogP contribution in [0.2, 0.25) is 0 Å². The van der Waals surface area contributed by atoms with Crippen molar-refractivity contribution in [2.75, 3.05) is 11.9 Å². The fourth-order valence-corrected chi connectivity index (χ4v) is 1.44. The van der Waals surface area contributed by atoms with Gasteiger partial charge in [0.05, 0.1) is 4.92 Å². The number of H-pyrrole nitrogens is 1. The maximum Gasteiger partial charge on any atom is 0.373 e. The zero-order valence-corrected chi connectivity index (χ0v) is 10.4. The molecule has 0 unspecified atom stereocenters. The van der Waals surface area contributed by atoms with Crippen molar-refractivity contribution in [1.29, 1.82) is 0 Å². The first-order valence-corrected chi connectivity index (χ1v) is 5.55. The molecule has 0 spiro atoms. The maximum absolute atomic E-state index is 11.1. The number of hydrogen-bond donors (Lipinski definition) is 2. The Hall–Kier alpha value is -2.71. The summed E-state index contributed by atoms with van der Waals surface area (Å²) in [6, 6.07) is 1.61. The second kappa shape index (κ2) is 5.29. The molecule has 0 bridgehead atoms. The second-order valence-electron chi connectivity index (χ2n) is 3.65. The zero-order valence-electron chi connectivity index (χ0n) is 10.4. The molecule has 0 aromatic carbocycles. The lowest BCUT2D eigenvalue weighted by Gasteiger charge is -2.06. The van der Waals surface area contributed by atoms with Crippen molar-refractivity contribution >= 4 is 11.5 Å². The lowest BCUT2D eigenvalue weighted by atomic mass is 10.4. The minimum Gasteiger partial charge on any atom is -0.413 e. The number of nitrogens with one attached hydrogen (secondary N) is 2. The topological polar surface area (TPSA) is 119 Å². The van der Waals surface area contributed by atoms with Crippen LogP contribution in [0.15, 0.2) is 12.4 Å². The Labute approximate surface area is 108 Å². The highest BCUT2D eigenvalue weighted by Crippen LogP contribution is 2.33. The second-order valence-corrected chi connectivity index (χ2v) is 3.65. The van der Waals surface area contributed by atoms with Crippen molar-refractivity contribution < 1.29 is 9.66 Å². The highest BCUT2D eigenvalue weighted by molar-refractivity contribution is 5.61. The summed E-state index contributed by atoms with van der Waals surface area (Å²) in [5.74, 6) is 0.175. The highest BCUT2D eigenvalue weighted by atomic mass is 16.6. The lowest BCUT2D eigenvalue weighted by molar-refractivity contribution is -0.385. The number of aromatic nitrogens is 4. The minimum atomic E-state index is -0.590. The summed E-state index contributed by atoms with van der Waals surface area (Å²) in [7, 11) is 0. The molecule has 0 amide bonds. The molecular weight excluding hydrogens is 252 g/mol. The van der Waals surface area contributed by atoms with E-state index in [4.69, 9.17) is 4.74 Å². The largest absolute Gasteiger partial charge is 0.413 e. The predicted octanol–water partition coefficient (Wildman–Crippen LogP) is 1.64. The summed E-state index contributed by atoms with van der Waals surface area (Å²) in [4.78, 5) is 18.1. The summed E-state index contributed by atoms with van der Waals surface area (Å²) in [6.07, 6.45) is 1.19. The summed E-state index contributed by atoms with van der Waals surface area (Å²) in [6.45, 7) is 4.10. The first-order valence-electron chi connectivity index (χ1n) is 5.55. The summed E-state index contributed by atoms with van der Waals surface area (Å²) < 4.78 is 5.30. The molecule has 0 saturated carbocycles. The van der Waals surface area contributed by atoms with Crippen LogP contribution in [0.3, 0.4) is 0 Å². The SMILES string of the molecule is CCNc1ncnc(Oc2cc(C)[nH]n2)c1[N+](=O)[O-]. The van der Waals surface area contributed by atoms with Crippen molar-refractivity contribution in [1.82, 2.24) is 20.2 Å². The van der Waals surface area contributed by atoms with E-state index in [2.05, 4.69) is 25.5 Å². The van der Waals surface area contributed by atoms with E-state index in [0.29, 0.717) is 6.54 Å². The van der Waals surface area contributed by atoms with Gasteiger partial charge in [0.2, 0.25) is 11.7 Å². The fraction of sp³-hybridized carbons (Fsp3) is 0.300. The molecule has 0 atom stereocenters. The Bertz CT molecular complexity index is 597. The molecule has 0 aliphatic heterocycles. The molecule has 9 heteroatoms. The highest BCUT2D eigenvalue weighted by Gasteiger charge is 2.25. The van der Waals surface area contributed by atoms with Gasteiger partial charge in [-0.25, -0.2) is 4.98 Å². The molecule has 9 nitrogen and oxygen atoms in total. The van der Waals surface area contributed by atoms with Crippen molar-refractivity contribution in [3.05, 3.63) is 28.2 Å². The molecule has 19 heavy (non-hydrogen) atoms. The fourth-order valence-electron chi connectivity index (χ4n) is 1.44. The average Bonchev–Trinajstić information content (AvgIpc) is 2.75. The van der Waals surface area contributed by atoms with Crippen LogP contribution in [0.1, 0.15) is 12.6 Å². The first kappa shape index (κ1) is 12.7. The van der Waals surface area contributed by atoms with Gasteiger partial charge in [-0.3, -0.25) is 15.2 Å². The minimum absolute atomic E-state index is 0.116. The summed E-state index contributed by atoms with van der Waals surface area (Å²) in [5.41, 5.74) is 0.462. The van der Waals surface area contributed by atoms with Crippen LogP contribution in [0.5, 0.6) is 11.8 Å². The average molecular weight is 264 g/mol. The van der Waals surface area contributed by atoms with Crippen LogP contribution in [-0.2, 0) is 0 Å². The van der Waals surface area contributed by atoms with E-state index in [0.717, 1.165) is 5.69 Å². The molecular formula is C10H12N6O3. The number of aromatic amines is 1. The van der Waals surface area contributed by atoms with E-state index in [1.807, 2.05) is 6.92 Å². The van der Waals surface area contributed by atoms with Crippen LogP contribution in [0.4, 0.5) is 11.5 Å². The number of ether oxygens (including phenoxy) is 1. The van der Waals surface area contributed by atoms with Gasteiger partial charge in [0, 0.05) is 18.3 Å². The Morgan fingerprint density at radius 1 is 1.53 bits per heavy atom. The number of hydrogen-bond acceptors (Lipinski definition) is 7. The third-order valence-electron chi connectivity index (χ3n) is 2.20. The number of rotatable bonds is 5. The smallest absolute Gasteiger partial charge is 0.373 e. The number of anilines is 1. The predicted molar refractivity (Wildman–Crippen MR) is 66.2 cm³/mol. The van der Waals surface area contributed by atoms with Gasteiger partial charge < -0.3 is 10.1 Å². The number of aryl methyl sites for hydroxylation is 1. The van der Waals surface area contributed by atoms with Crippen LogP contribution in [-0.4, -0.2) is 31.6 Å². The van der Waals surface area contributed by atoms with Crippen LogP contribution in [0, 0.1) is 17.0 Å². The van der Waals surface area contributed by atoms with E-state index in [9.17, 15) is 10.1 Å². The Morgan fingerprint density at radius 2 is 2.32 bits per heavy atom. The Kier molecular flexibility index (Phi) is 3.55. The molecule has 0 fully saturated rings. The van der Waals surface area contributed by atoms with Gasteiger partial charge in [-0.05, 0) is 13.8 Å². The normalized spacial score (nSPS) is 10.2. The van der Waals surface area contributed by atoms with Gasteiger partial charge >= 0.3 is 11.6 Å². The molecule has 2 heterocycles. The lowest BCUT2D eigenvalue weighted by Crippen LogP contribution is -2.06. The van der Waals surface area contributed by atoms with Crippen molar-refractivity contribution in [3.8, 4) is 11.8 Å².